The minimum Gasteiger partial charge on any atom is -0.449 e. The first-order valence-corrected chi connectivity index (χ1v) is 11.1. The van der Waals surface area contributed by atoms with E-state index in [0.717, 1.165) is 32.1 Å². The summed E-state index contributed by atoms with van der Waals surface area (Å²) in [5.74, 6) is -0.520. The Morgan fingerprint density at radius 2 is 2.04 bits per heavy atom. The van der Waals surface area contributed by atoms with Crippen molar-refractivity contribution in [3.05, 3.63) is 23.8 Å². The summed E-state index contributed by atoms with van der Waals surface area (Å²) in [6, 6.07) is 4.63. The summed E-state index contributed by atoms with van der Waals surface area (Å²) in [6.07, 6.45) is 4.44. The number of fused-ring (bicyclic) bond motifs is 3. The average molecular weight is 405 g/mol. The van der Waals surface area contributed by atoms with Crippen molar-refractivity contribution in [2.45, 2.75) is 62.5 Å². The zero-order valence-electron chi connectivity index (χ0n) is 15.7. The Morgan fingerprint density at radius 3 is 2.79 bits per heavy atom. The molecule has 1 amide bonds. The molecule has 2 aliphatic heterocycles. The minimum atomic E-state index is -3.88. The van der Waals surface area contributed by atoms with Crippen LogP contribution in [0, 0.1) is 0 Å². The smallest absolute Gasteiger partial charge is 0.338 e. The number of esters is 1. The molecule has 8 nitrogen and oxygen atoms in total. The number of amidine groups is 1. The first kappa shape index (κ1) is 18.9. The number of nitrogens with zero attached hydrogens (tertiary/aromatic N) is 2. The van der Waals surface area contributed by atoms with E-state index in [2.05, 4.69) is 9.71 Å². The van der Waals surface area contributed by atoms with Gasteiger partial charge in [0.25, 0.3) is 15.9 Å². The van der Waals surface area contributed by atoms with Crippen molar-refractivity contribution in [1.82, 2.24) is 5.32 Å². The topological polar surface area (TPSA) is 105 Å². The van der Waals surface area contributed by atoms with Gasteiger partial charge in [-0.25, -0.2) is 4.79 Å². The highest BCUT2D eigenvalue weighted by Gasteiger charge is 2.33. The van der Waals surface area contributed by atoms with E-state index in [9.17, 15) is 18.0 Å². The maximum Gasteiger partial charge on any atom is 0.338 e. The van der Waals surface area contributed by atoms with E-state index in [1.807, 2.05) is 4.90 Å². The van der Waals surface area contributed by atoms with Gasteiger partial charge in [0.1, 0.15) is 10.7 Å². The number of hydrogen-bond donors (Lipinski definition) is 1. The molecule has 1 N–H and O–H groups in total. The largest absolute Gasteiger partial charge is 0.449 e. The summed E-state index contributed by atoms with van der Waals surface area (Å²) in [4.78, 5) is 26.3. The summed E-state index contributed by atoms with van der Waals surface area (Å²) in [5, 5.41) is 2.77. The van der Waals surface area contributed by atoms with Crippen LogP contribution in [-0.2, 0) is 19.6 Å². The number of sulfonamides is 1. The van der Waals surface area contributed by atoms with Gasteiger partial charge in [-0.1, -0.05) is 6.42 Å². The SMILES string of the molecule is CC(OC(=O)c1ccc2c(c1)S(=O)(=O)N=C1CCCCCN12)C(=O)NC1CC1. The molecule has 1 atom stereocenters. The minimum absolute atomic E-state index is 0.00249. The highest BCUT2D eigenvalue weighted by Crippen LogP contribution is 2.35. The molecule has 2 heterocycles. The quantitative estimate of drug-likeness (QED) is 0.768. The summed E-state index contributed by atoms with van der Waals surface area (Å²) < 4.78 is 34.5. The van der Waals surface area contributed by atoms with E-state index in [0.29, 0.717) is 24.5 Å². The monoisotopic (exact) mass is 405 g/mol. The highest BCUT2D eigenvalue weighted by atomic mass is 32.2. The molecule has 0 spiro atoms. The highest BCUT2D eigenvalue weighted by molar-refractivity contribution is 7.90. The van der Waals surface area contributed by atoms with Crippen molar-refractivity contribution in [2.24, 2.45) is 4.40 Å². The third-order valence-corrected chi connectivity index (χ3v) is 6.49. The van der Waals surface area contributed by atoms with Gasteiger partial charge in [-0.3, -0.25) is 4.79 Å². The molecular formula is C19H23N3O5S. The van der Waals surface area contributed by atoms with Crippen LogP contribution in [0.2, 0.25) is 0 Å². The predicted molar refractivity (Wildman–Crippen MR) is 103 cm³/mol. The van der Waals surface area contributed by atoms with Crippen molar-refractivity contribution < 1.29 is 22.7 Å². The van der Waals surface area contributed by atoms with Crippen LogP contribution in [0.5, 0.6) is 0 Å². The third kappa shape index (κ3) is 3.76. The van der Waals surface area contributed by atoms with E-state index in [4.69, 9.17) is 4.74 Å². The van der Waals surface area contributed by atoms with Gasteiger partial charge in [-0.15, -0.1) is 4.40 Å². The van der Waals surface area contributed by atoms with E-state index < -0.39 is 22.1 Å². The molecule has 4 rings (SSSR count). The summed E-state index contributed by atoms with van der Waals surface area (Å²) in [5.41, 5.74) is 0.629. The zero-order chi connectivity index (χ0) is 19.9. The molecule has 1 saturated carbocycles. The van der Waals surface area contributed by atoms with Crippen LogP contribution in [0.3, 0.4) is 0 Å². The molecule has 1 aromatic carbocycles. The lowest BCUT2D eigenvalue weighted by Gasteiger charge is -2.29. The van der Waals surface area contributed by atoms with Crippen molar-refractivity contribution in [2.75, 3.05) is 11.4 Å². The summed E-state index contributed by atoms with van der Waals surface area (Å²) >= 11 is 0. The number of benzene rings is 1. The molecule has 28 heavy (non-hydrogen) atoms. The Labute approximate surface area is 164 Å². The van der Waals surface area contributed by atoms with Crippen LogP contribution in [0.1, 0.15) is 55.8 Å². The van der Waals surface area contributed by atoms with Crippen LogP contribution < -0.4 is 10.2 Å². The van der Waals surface area contributed by atoms with Gasteiger partial charge >= 0.3 is 5.97 Å². The second kappa shape index (κ2) is 7.20. The zero-order valence-corrected chi connectivity index (χ0v) is 16.5. The number of ether oxygens (including phenoxy) is 1. The van der Waals surface area contributed by atoms with E-state index >= 15 is 0 Å². The molecule has 150 valence electrons. The van der Waals surface area contributed by atoms with Crippen LogP contribution in [0.15, 0.2) is 27.5 Å². The van der Waals surface area contributed by atoms with E-state index in [1.54, 1.807) is 6.07 Å². The summed E-state index contributed by atoms with van der Waals surface area (Å²) in [7, 11) is -3.88. The van der Waals surface area contributed by atoms with Gasteiger partial charge in [0.2, 0.25) is 0 Å². The lowest BCUT2D eigenvalue weighted by Crippen LogP contribution is -2.37. The van der Waals surface area contributed by atoms with Crippen LogP contribution in [0.4, 0.5) is 5.69 Å². The van der Waals surface area contributed by atoms with E-state index in [-0.39, 0.29) is 22.4 Å². The van der Waals surface area contributed by atoms with Gasteiger partial charge < -0.3 is 15.0 Å². The Bertz CT molecular complexity index is 952. The molecule has 3 aliphatic rings. The number of amides is 1. The summed E-state index contributed by atoms with van der Waals surface area (Å²) in [6.45, 7) is 2.20. The normalized spacial score (nSPS) is 21.5. The number of nitrogens with one attached hydrogen (secondary N) is 1. The lowest BCUT2D eigenvalue weighted by molar-refractivity contribution is -0.129. The van der Waals surface area contributed by atoms with Crippen LogP contribution in [0.25, 0.3) is 0 Å². The second-order valence-corrected chi connectivity index (χ2v) is 9.03. The fraction of sp³-hybridized carbons (Fsp3) is 0.526. The van der Waals surface area contributed by atoms with E-state index in [1.165, 1.54) is 19.1 Å². The van der Waals surface area contributed by atoms with Crippen molar-refractivity contribution in [1.29, 1.82) is 0 Å². The number of hydrogen-bond acceptors (Lipinski definition) is 6. The number of carbonyl (C=O) groups is 2. The Balaban J connectivity index is 1.57. The molecule has 1 aromatic rings. The Morgan fingerprint density at radius 1 is 1.25 bits per heavy atom. The lowest BCUT2D eigenvalue weighted by atomic mass is 10.1. The predicted octanol–water partition coefficient (Wildman–Crippen LogP) is 1.99. The molecule has 1 saturated heterocycles. The third-order valence-electron chi connectivity index (χ3n) is 5.16. The first-order valence-electron chi connectivity index (χ1n) is 9.62. The molecule has 0 radical (unpaired) electrons. The number of carbonyl (C=O) groups excluding carboxylic acids is 2. The molecule has 0 aromatic heterocycles. The van der Waals surface area contributed by atoms with Crippen molar-refractivity contribution in [3.63, 3.8) is 0 Å². The maximum absolute atomic E-state index is 12.6. The molecule has 1 unspecified atom stereocenters. The molecule has 1 aliphatic carbocycles. The Hall–Kier alpha value is -2.42. The fourth-order valence-corrected chi connectivity index (χ4v) is 4.72. The van der Waals surface area contributed by atoms with Gasteiger partial charge in [0, 0.05) is 19.0 Å². The second-order valence-electron chi connectivity index (χ2n) is 7.46. The van der Waals surface area contributed by atoms with Gasteiger partial charge in [0.05, 0.1) is 11.3 Å². The average Bonchev–Trinajstić information content (AvgIpc) is 3.48. The maximum atomic E-state index is 12.6. The van der Waals surface area contributed by atoms with Gasteiger partial charge in [0.15, 0.2) is 6.10 Å². The standard InChI is InChI=1S/C19H23N3O5S/c1-12(18(23)20-14-7-8-14)27-19(24)13-6-9-15-16(11-13)28(25,26)21-17-5-3-2-4-10-22(15)17/h6,9,11-12,14H,2-5,7-8,10H2,1H3,(H,20,23). The van der Waals surface area contributed by atoms with Crippen molar-refractivity contribution in [3.8, 4) is 0 Å². The Kier molecular flexibility index (Phi) is 4.86. The molecule has 0 bridgehead atoms. The fourth-order valence-electron chi connectivity index (χ4n) is 3.44. The molecular weight excluding hydrogens is 382 g/mol. The van der Waals surface area contributed by atoms with Crippen molar-refractivity contribution >= 4 is 33.4 Å². The van der Waals surface area contributed by atoms with Gasteiger partial charge in [-0.2, -0.15) is 8.42 Å². The molecule has 9 heteroatoms. The first-order chi connectivity index (χ1) is 13.3. The van der Waals surface area contributed by atoms with Gasteiger partial charge in [-0.05, 0) is 50.8 Å². The molecule has 2 fully saturated rings. The number of anilines is 1. The van der Waals surface area contributed by atoms with Crippen LogP contribution >= 0.6 is 0 Å². The number of rotatable bonds is 4. The van der Waals surface area contributed by atoms with Crippen LogP contribution in [-0.4, -0.2) is 44.8 Å².